The molecule has 1 amide bonds. The Morgan fingerprint density at radius 2 is 2.17 bits per heavy atom. The van der Waals surface area contributed by atoms with Gasteiger partial charge in [0.15, 0.2) is 0 Å². The second kappa shape index (κ2) is 7.70. The topological polar surface area (TPSA) is 87.3 Å². The molecule has 0 aromatic rings. The van der Waals surface area contributed by atoms with E-state index in [-0.39, 0.29) is 24.2 Å². The zero-order valence-corrected chi connectivity index (χ0v) is 11.7. The van der Waals surface area contributed by atoms with Crippen molar-refractivity contribution in [2.75, 3.05) is 25.4 Å². The van der Waals surface area contributed by atoms with Gasteiger partial charge in [-0.05, 0) is 19.4 Å². The molecule has 1 heterocycles. The maximum Gasteiger partial charge on any atom is 0.221 e. The number of amides is 1. The molecule has 1 atom stereocenters. The zero-order chi connectivity index (χ0) is 13.4. The molecule has 6 nitrogen and oxygen atoms in total. The van der Waals surface area contributed by atoms with E-state index in [1.165, 1.54) is 6.42 Å². The second-order valence-corrected chi connectivity index (χ2v) is 6.44. The molecular formula is C11H23N3O3S. The van der Waals surface area contributed by atoms with Crippen molar-refractivity contribution in [3.8, 4) is 0 Å². The van der Waals surface area contributed by atoms with Crippen LogP contribution in [-0.4, -0.2) is 45.8 Å². The monoisotopic (exact) mass is 277 g/mol. The van der Waals surface area contributed by atoms with E-state index in [4.69, 9.17) is 0 Å². The molecule has 18 heavy (non-hydrogen) atoms. The van der Waals surface area contributed by atoms with E-state index < -0.39 is 10.0 Å². The van der Waals surface area contributed by atoms with Gasteiger partial charge in [0, 0.05) is 25.6 Å². The summed E-state index contributed by atoms with van der Waals surface area (Å²) in [5.41, 5.74) is 0. The molecule has 1 saturated heterocycles. The van der Waals surface area contributed by atoms with Crippen LogP contribution in [0.3, 0.4) is 0 Å². The van der Waals surface area contributed by atoms with Gasteiger partial charge in [0.05, 0.1) is 5.75 Å². The first-order chi connectivity index (χ1) is 8.53. The summed E-state index contributed by atoms with van der Waals surface area (Å²) in [4.78, 5) is 11.6. The highest BCUT2D eigenvalue weighted by Crippen LogP contribution is 2.09. The van der Waals surface area contributed by atoms with Crippen molar-refractivity contribution < 1.29 is 13.2 Å². The minimum absolute atomic E-state index is 0.0648. The van der Waals surface area contributed by atoms with E-state index in [2.05, 4.69) is 15.4 Å². The van der Waals surface area contributed by atoms with Crippen molar-refractivity contribution in [1.82, 2.24) is 15.4 Å². The minimum atomic E-state index is -3.24. The molecule has 106 valence electrons. The highest BCUT2D eigenvalue weighted by atomic mass is 32.2. The van der Waals surface area contributed by atoms with Gasteiger partial charge in [-0.1, -0.05) is 13.3 Å². The van der Waals surface area contributed by atoms with Crippen LogP contribution in [0, 0.1) is 0 Å². The summed E-state index contributed by atoms with van der Waals surface area (Å²) in [7, 11) is -3.24. The molecule has 0 spiro atoms. The van der Waals surface area contributed by atoms with Crippen LogP contribution in [0.5, 0.6) is 0 Å². The van der Waals surface area contributed by atoms with Crippen molar-refractivity contribution >= 4 is 15.9 Å². The first-order valence-electron chi connectivity index (χ1n) is 6.51. The lowest BCUT2D eigenvalue weighted by atomic mass is 10.0. The molecule has 3 N–H and O–H groups in total. The van der Waals surface area contributed by atoms with Crippen LogP contribution in [0.4, 0.5) is 0 Å². The molecule has 0 bridgehead atoms. The molecule has 0 aromatic carbocycles. The number of carbonyl (C=O) groups excluding carboxylic acids is 1. The number of rotatable bonds is 7. The van der Waals surface area contributed by atoms with Gasteiger partial charge in [-0.3, -0.25) is 4.79 Å². The predicted molar refractivity (Wildman–Crippen MR) is 70.7 cm³/mol. The number of piperidine rings is 1. The van der Waals surface area contributed by atoms with Crippen molar-refractivity contribution in [1.29, 1.82) is 0 Å². The fourth-order valence-corrected chi connectivity index (χ4v) is 2.97. The Hall–Kier alpha value is -0.660. The number of nitrogens with one attached hydrogen (secondary N) is 3. The lowest BCUT2D eigenvalue weighted by Crippen LogP contribution is -2.40. The SMILES string of the molecule is CCNS(=O)(=O)CCNC(=O)CC1CCCCN1. The Kier molecular flexibility index (Phi) is 6.59. The summed E-state index contributed by atoms with van der Waals surface area (Å²) in [5.74, 6) is -0.147. The van der Waals surface area contributed by atoms with Gasteiger partial charge in [-0.15, -0.1) is 0 Å². The molecule has 1 fully saturated rings. The normalized spacial score (nSPS) is 20.6. The molecule has 1 aliphatic heterocycles. The van der Waals surface area contributed by atoms with E-state index >= 15 is 0 Å². The summed E-state index contributed by atoms with van der Waals surface area (Å²) >= 11 is 0. The lowest BCUT2D eigenvalue weighted by Gasteiger charge is -2.22. The second-order valence-electron chi connectivity index (χ2n) is 4.52. The maximum atomic E-state index is 11.6. The lowest BCUT2D eigenvalue weighted by molar-refractivity contribution is -0.121. The Balaban J connectivity index is 2.16. The summed E-state index contributed by atoms with van der Waals surface area (Å²) in [6.45, 7) is 3.24. The summed E-state index contributed by atoms with van der Waals surface area (Å²) in [5, 5.41) is 5.93. The van der Waals surface area contributed by atoms with Crippen LogP contribution >= 0.6 is 0 Å². The Morgan fingerprint density at radius 3 is 2.78 bits per heavy atom. The summed E-state index contributed by atoms with van der Waals surface area (Å²) in [6, 6.07) is 0.240. The van der Waals surface area contributed by atoms with Crippen LogP contribution in [0.25, 0.3) is 0 Å². The number of sulfonamides is 1. The van der Waals surface area contributed by atoms with Gasteiger partial charge in [-0.2, -0.15) is 0 Å². The largest absolute Gasteiger partial charge is 0.355 e. The highest BCUT2D eigenvalue weighted by molar-refractivity contribution is 7.89. The molecule has 1 aliphatic rings. The van der Waals surface area contributed by atoms with Crippen molar-refractivity contribution in [2.24, 2.45) is 0 Å². The van der Waals surface area contributed by atoms with E-state index in [1.807, 2.05) is 0 Å². The standard InChI is InChI=1S/C11H23N3O3S/c1-2-14-18(16,17)8-7-13-11(15)9-10-5-3-4-6-12-10/h10,12,14H,2-9H2,1H3,(H,13,15). The number of hydrogen-bond donors (Lipinski definition) is 3. The zero-order valence-electron chi connectivity index (χ0n) is 10.9. The van der Waals surface area contributed by atoms with Gasteiger partial charge >= 0.3 is 0 Å². The average Bonchev–Trinajstić information content (AvgIpc) is 2.29. The van der Waals surface area contributed by atoms with Crippen LogP contribution in [0.2, 0.25) is 0 Å². The third-order valence-corrected chi connectivity index (χ3v) is 4.37. The third kappa shape index (κ3) is 6.32. The maximum absolute atomic E-state index is 11.6. The molecule has 0 aliphatic carbocycles. The number of hydrogen-bond acceptors (Lipinski definition) is 4. The summed E-state index contributed by atoms with van der Waals surface area (Å²) in [6.07, 6.45) is 3.77. The van der Waals surface area contributed by atoms with Crippen LogP contribution in [-0.2, 0) is 14.8 Å². The fourth-order valence-electron chi connectivity index (χ4n) is 2.01. The number of carbonyl (C=O) groups is 1. The first-order valence-corrected chi connectivity index (χ1v) is 8.16. The summed E-state index contributed by atoms with van der Waals surface area (Å²) < 4.78 is 25.0. The minimum Gasteiger partial charge on any atom is -0.355 e. The molecule has 7 heteroatoms. The fraction of sp³-hybridized carbons (Fsp3) is 0.909. The van der Waals surface area contributed by atoms with Crippen LogP contribution in [0.15, 0.2) is 0 Å². The van der Waals surface area contributed by atoms with E-state index in [0.717, 1.165) is 19.4 Å². The van der Waals surface area contributed by atoms with E-state index in [0.29, 0.717) is 13.0 Å². The third-order valence-electron chi connectivity index (χ3n) is 2.90. The van der Waals surface area contributed by atoms with Gasteiger partial charge in [0.1, 0.15) is 0 Å². The van der Waals surface area contributed by atoms with Gasteiger partial charge in [-0.25, -0.2) is 13.1 Å². The van der Waals surface area contributed by atoms with E-state index in [9.17, 15) is 13.2 Å². The van der Waals surface area contributed by atoms with Crippen LogP contribution < -0.4 is 15.4 Å². The Labute approximate surface area is 109 Å². The van der Waals surface area contributed by atoms with Gasteiger partial charge in [0.25, 0.3) is 0 Å². The molecular weight excluding hydrogens is 254 g/mol. The molecule has 1 unspecified atom stereocenters. The van der Waals surface area contributed by atoms with Crippen molar-refractivity contribution in [3.05, 3.63) is 0 Å². The van der Waals surface area contributed by atoms with Gasteiger partial charge in [0.2, 0.25) is 15.9 Å². The van der Waals surface area contributed by atoms with Crippen LogP contribution in [0.1, 0.15) is 32.6 Å². The predicted octanol–water partition coefficient (Wildman–Crippen LogP) is -0.426. The van der Waals surface area contributed by atoms with Crippen molar-refractivity contribution in [3.63, 3.8) is 0 Å². The Bertz CT molecular complexity index is 351. The smallest absolute Gasteiger partial charge is 0.221 e. The Morgan fingerprint density at radius 1 is 1.39 bits per heavy atom. The molecule has 1 rings (SSSR count). The average molecular weight is 277 g/mol. The molecule has 0 aromatic heterocycles. The molecule has 0 saturated carbocycles. The van der Waals surface area contributed by atoms with Crippen molar-refractivity contribution in [2.45, 2.75) is 38.6 Å². The first kappa shape index (κ1) is 15.4. The quantitative estimate of drug-likeness (QED) is 0.589. The van der Waals surface area contributed by atoms with Gasteiger partial charge < -0.3 is 10.6 Å². The van der Waals surface area contributed by atoms with E-state index in [1.54, 1.807) is 6.92 Å². The molecule has 0 radical (unpaired) electrons. The highest BCUT2D eigenvalue weighted by Gasteiger charge is 2.16.